The molecule has 1 atom stereocenters. The number of unbranched alkanes of at least 4 members (excludes halogenated alkanes) is 29. The summed E-state index contributed by atoms with van der Waals surface area (Å²) in [7, 11) is 0. The summed E-state index contributed by atoms with van der Waals surface area (Å²) in [6.07, 6.45) is 42.7. The van der Waals surface area contributed by atoms with Crippen LogP contribution in [0.5, 0.6) is 0 Å². The number of ether oxygens (including phenoxy) is 3. The zero-order chi connectivity index (χ0) is 41.2. The summed E-state index contributed by atoms with van der Waals surface area (Å²) < 4.78 is 16.7. The van der Waals surface area contributed by atoms with Crippen molar-refractivity contribution in [3.8, 4) is 0 Å². The first-order valence-electron chi connectivity index (χ1n) is 24.7. The molecule has 6 nitrogen and oxygen atoms in total. The zero-order valence-corrected chi connectivity index (χ0v) is 38.3. The van der Waals surface area contributed by atoms with Gasteiger partial charge in [0.15, 0.2) is 6.10 Å². The van der Waals surface area contributed by atoms with Crippen molar-refractivity contribution in [3.63, 3.8) is 0 Å². The Morgan fingerprint density at radius 1 is 0.339 bits per heavy atom. The lowest BCUT2D eigenvalue weighted by atomic mass is 10.0. The maximum Gasteiger partial charge on any atom is 0.306 e. The van der Waals surface area contributed by atoms with E-state index in [1.807, 2.05) is 0 Å². The lowest BCUT2D eigenvalue weighted by Gasteiger charge is -2.18. The van der Waals surface area contributed by atoms with Gasteiger partial charge in [-0.05, 0) is 31.1 Å². The predicted molar refractivity (Wildman–Crippen MR) is 238 cm³/mol. The highest BCUT2D eigenvalue weighted by Gasteiger charge is 2.19. The van der Waals surface area contributed by atoms with Crippen LogP contribution in [0.4, 0.5) is 0 Å². The molecule has 0 saturated heterocycles. The number of esters is 3. The molecular weight excluding hydrogens is 697 g/mol. The Morgan fingerprint density at radius 2 is 0.589 bits per heavy atom. The van der Waals surface area contributed by atoms with Crippen molar-refractivity contribution in [1.82, 2.24) is 0 Å². The highest BCUT2D eigenvalue weighted by molar-refractivity contribution is 5.71. The lowest BCUT2D eigenvalue weighted by molar-refractivity contribution is -0.167. The van der Waals surface area contributed by atoms with Gasteiger partial charge in [0.2, 0.25) is 0 Å². The van der Waals surface area contributed by atoms with Gasteiger partial charge in [0.1, 0.15) is 13.2 Å². The van der Waals surface area contributed by atoms with Gasteiger partial charge in [-0.15, -0.1) is 0 Å². The maximum absolute atomic E-state index is 12.6. The van der Waals surface area contributed by atoms with E-state index in [1.54, 1.807) is 0 Å². The average molecular weight is 793 g/mol. The molecule has 0 spiro atoms. The summed E-state index contributed by atoms with van der Waals surface area (Å²) in [5.74, 6) is 0.819. The molecule has 0 radical (unpaired) electrons. The minimum Gasteiger partial charge on any atom is -0.462 e. The molecule has 0 fully saturated rings. The Hall–Kier alpha value is -1.59. The fourth-order valence-corrected chi connectivity index (χ4v) is 7.46. The Labute approximate surface area is 348 Å². The lowest BCUT2D eigenvalue weighted by Crippen LogP contribution is -2.30. The summed E-state index contributed by atoms with van der Waals surface area (Å²) >= 11 is 0. The molecule has 0 aromatic carbocycles. The van der Waals surface area contributed by atoms with Crippen LogP contribution in [0, 0.1) is 11.8 Å². The van der Waals surface area contributed by atoms with Crippen LogP contribution >= 0.6 is 0 Å². The van der Waals surface area contributed by atoms with Gasteiger partial charge in [-0.2, -0.15) is 0 Å². The summed E-state index contributed by atoms with van der Waals surface area (Å²) in [5.41, 5.74) is 0. The molecule has 332 valence electrons. The molecule has 0 aliphatic carbocycles. The highest BCUT2D eigenvalue weighted by atomic mass is 16.6. The van der Waals surface area contributed by atoms with Crippen molar-refractivity contribution >= 4 is 17.9 Å². The van der Waals surface area contributed by atoms with Gasteiger partial charge in [-0.25, -0.2) is 0 Å². The summed E-state index contributed by atoms with van der Waals surface area (Å²) in [6, 6.07) is 0. The standard InChI is InChI=1S/C50H96O6/c1-6-7-8-28-37-42-50(53)56-47(44-55-49(52)41-36-32-27-23-19-15-11-13-17-21-25-30-34-39-46(4)5)43-54-48(51)40-35-31-26-22-18-14-10-9-12-16-20-24-29-33-38-45(2)3/h45-47H,6-44H2,1-5H3/t47-/m0/s1. The minimum atomic E-state index is -0.759. The van der Waals surface area contributed by atoms with Crippen molar-refractivity contribution in [1.29, 1.82) is 0 Å². The second-order valence-electron chi connectivity index (χ2n) is 18.1. The van der Waals surface area contributed by atoms with Crippen LogP contribution in [-0.4, -0.2) is 37.2 Å². The smallest absolute Gasteiger partial charge is 0.306 e. The predicted octanol–water partition coefficient (Wildman–Crippen LogP) is 15.8. The normalized spacial score (nSPS) is 12.1. The number of rotatable bonds is 44. The van der Waals surface area contributed by atoms with Crippen LogP contribution in [0.2, 0.25) is 0 Å². The van der Waals surface area contributed by atoms with Crippen LogP contribution in [0.3, 0.4) is 0 Å². The van der Waals surface area contributed by atoms with Crippen LogP contribution in [0.1, 0.15) is 272 Å². The average Bonchev–Trinajstić information content (AvgIpc) is 3.16. The van der Waals surface area contributed by atoms with E-state index in [9.17, 15) is 14.4 Å². The van der Waals surface area contributed by atoms with Crippen LogP contribution in [0.25, 0.3) is 0 Å². The fraction of sp³-hybridized carbons (Fsp3) is 0.940. The Morgan fingerprint density at radius 3 is 0.875 bits per heavy atom. The van der Waals surface area contributed by atoms with Crippen LogP contribution in [0.15, 0.2) is 0 Å². The monoisotopic (exact) mass is 793 g/mol. The molecule has 56 heavy (non-hydrogen) atoms. The van der Waals surface area contributed by atoms with E-state index in [1.165, 1.54) is 154 Å². The molecule has 0 aliphatic heterocycles. The minimum absolute atomic E-state index is 0.0654. The third-order valence-electron chi connectivity index (χ3n) is 11.2. The molecule has 0 heterocycles. The maximum atomic E-state index is 12.6. The molecule has 0 saturated carbocycles. The largest absolute Gasteiger partial charge is 0.462 e. The van der Waals surface area contributed by atoms with E-state index < -0.39 is 6.10 Å². The summed E-state index contributed by atoms with van der Waals surface area (Å²) in [4.78, 5) is 37.6. The van der Waals surface area contributed by atoms with Gasteiger partial charge in [0.25, 0.3) is 0 Å². The highest BCUT2D eigenvalue weighted by Crippen LogP contribution is 2.17. The van der Waals surface area contributed by atoms with Gasteiger partial charge >= 0.3 is 17.9 Å². The second kappa shape index (κ2) is 43.0. The molecule has 6 heteroatoms. The SMILES string of the molecule is CCCCCCCC(=O)O[C@@H](COC(=O)CCCCCCCCCCCCCCCCC(C)C)COC(=O)CCCCCCCCCCCCCCCC(C)C. The summed E-state index contributed by atoms with van der Waals surface area (Å²) in [5, 5.41) is 0. The van der Waals surface area contributed by atoms with E-state index in [0.29, 0.717) is 19.3 Å². The van der Waals surface area contributed by atoms with Gasteiger partial charge in [-0.3, -0.25) is 14.4 Å². The van der Waals surface area contributed by atoms with Gasteiger partial charge < -0.3 is 14.2 Å². The molecule has 0 aromatic rings. The number of carbonyl (C=O) groups is 3. The topological polar surface area (TPSA) is 78.9 Å². The van der Waals surface area contributed by atoms with Gasteiger partial charge in [-0.1, -0.05) is 234 Å². The number of carbonyl (C=O) groups excluding carboxylic acids is 3. The number of hydrogen-bond acceptors (Lipinski definition) is 6. The van der Waals surface area contributed by atoms with E-state index in [-0.39, 0.29) is 31.1 Å². The van der Waals surface area contributed by atoms with E-state index in [2.05, 4.69) is 34.6 Å². The first-order valence-corrected chi connectivity index (χ1v) is 24.7. The van der Waals surface area contributed by atoms with Crippen molar-refractivity contribution in [2.75, 3.05) is 13.2 Å². The quantitative estimate of drug-likeness (QED) is 0.0347. The fourth-order valence-electron chi connectivity index (χ4n) is 7.46. The zero-order valence-electron chi connectivity index (χ0n) is 38.3. The van der Waals surface area contributed by atoms with Crippen LogP contribution < -0.4 is 0 Å². The van der Waals surface area contributed by atoms with E-state index in [0.717, 1.165) is 76.0 Å². The molecule has 0 rings (SSSR count). The van der Waals surface area contributed by atoms with Gasteiger partial charge in [0.05, 0.1) is 0 Å². The first-order chi connectivity index (χ1) is 27.2. The molecule has 0 unspecified atom stereocenters. The molecular formula is C50H96O6. The summed E-state index contributed by atoms with van der Waals surface area (Å²) in [6.45, 7) is 11.3. The Kier molecular flexibility index (Phi) is 41.8. The Bertz CT molecular complexity index is 854. The second-order valence-corrected chi connectivity index (χ2v) is 18.1. The van der Waals surface area contributed by atoms with Crippen molar-refractivity contribution in [3.05, 3.63) is 0 Å². The van der Waals surface area contributed by atoms with Crippen molar-refractivity contribution in [2.24, 2.45) is 11.8 Å². The van der Waals surface area contributed by atoms with Gasteiger partial charge in [0, 0.05) is 19.3 Å². The third-order valence-corrected chi connectivity index (χ3v) is 11.2. The molecule has 0 N–H and O–H groups in total. The van der Waals surface area contributed by atoms with E-state index >= 15 is 0 Å². The van der Waals surface area contributed by atoms with Crippen molar-refractivity contribution < 1.29 is 28.6 Å². The molecule has 0 aromatic heterocycles. The van der Waals surface area contributed by atoms with Crippen LogP contribution in [-0.2, 0) is 28.6 Å². The van der Waals surface area contributed by atoms with Crippen molar-refractivity contribution in [2.45, 2.75) is 278 Å². The molecule has 0 aliphatic rings. The molecule has 0 amide bonds. The first kappa shape index (κ1) is 54.4. The molecule has 0 bridgehead atoms. The third kappa shape index (κ3) is 43.5. The number of hydrogen-bond donors (Lipinski definition) is 0. The Balaban J connectivity index is 4.08. The van der Waals surface area contributed by atoms with E-state index in [4.69, 9.17) is 14.2 Å².